The van der Waals surface area contributed by atoms with Gasteiger partial charge in [-0.05, 0) is 49.2 Å². The second-order valence-corrected chi connectivity index (χ2v) is 7.31. The summed E-state index contributed by atoms with van der Waals surface area (Å²) in [5.74, 6) is 0.134. The number of halogens is 3. The molecule has 4 nitrogen and oxygen atoms in total. The van der Waals surface area contributed by atoms with E-state index >= 15 is 0 Å². The molecule has 1 heterocycles. The van der Waals surface area contributed by atoms with Crippen LogP contribution >= 0.6 is 11.8 Å². The molecule has 0 spiro atoms. The summed E-state index contributed by atoms with van der Waals surface area (Å²) in [5, 5.41) is 0. The molecular weight excluding hydrogens is 353 g/mol. The van der Waals surface area contributed by atoms with Crippen LogP contribution in [0.4, 0.5) is 13.2 Å². The van der Waals surface area contributed by atoms with Crippen LogP contribution in [0.15, 0.2) is 40.0 Å². The lowest BCUT2D eigenvalue weighted by Crippen LogP contribution is -2.18. The summed E-state index contributed by atoms with van der Waals surface area (Å²) < 4.78 is 37.2. The summed E-state index contributed by atoms with van der Waals surface area (Å²) in [4.78, 5) is 30.6. The number of aryl methyl sites for hydroxylation is 1. The Morgan fingerprint density at radius 2 is 1.92 bits per heavy atom. The second kappa shape index (κ2) is 6.33. The number of hydrogen-bond donors (Lipinski definition) is 1. The zero-order valence-corrected chi connectivity index (χ0v) is 14.1. The summed E-state index contributed by atoms with van der Waals surface area (Å²) in [7, 11) is 0. The maximum atomic E-state index is 12.5. The van der Waals surface area contributed by atoms with Crippen LogP contribution in [0.25, 0.3) is 0 Å². The van der Waals surface area contributed by atoms with E-state index in [-0.39, 0.29) is 45.5 Å². The Balaban J connectivity index is 1.76. The standard InChI is InChI=1S/C17H15F3N2O2S/c1-10-21-13(8-15(24)22-10)14(23)9-16(6-7-16)11-2-4-12(5-3-11)25-17(18,19)20/h2-5,8H,6-7,9H2,1H3,(H,21,22,24). The lowest BCUT2D eigenvalue weighted by atomic mass is 9.90. The third kappa shape index (κ3) is 4.31. The lowest BCUT2D eigenvalue weighted by molar-refractivity contribution is -0.0328. The van der Waals surface area contributed by atoms with Crippen LogP contribution in [-0.2, 0) is 5.41 Å². The SMILES string of the molecule is Cc1nc(C(=O)CC2(c3ccc(SC(F)(F)F)cc3)CC2)cc(=O)[nH]1. The molecular formula is C17H15F3N2O2S. The fourth-order valence-corrected chi connectivity index (χ4v) is 3.39. The number of alkyl halides is 3. The van der Waals surface area contributed by atoms with Crippen molar-refractivity contribution in [3.8, 4) is 0 Å². The number of carbonyl (C=O) groups is 1. The van der Waals surface area contributed by atoms with Gasteiger partial charge in [0.15, 0.2) is 5.78 Å². The first kappa shape index (κ1) is 17.7. The van der Waals surface area contributed by atoms with Crippen LogP contribution in [0.2, 0.25) is 0 Å². The average molecular weight is 368 g/mol. The van der Waals surface area contributed by atoms with Gasteiger partial charge in [0, 0.05) is 22.8 Å². The Kier molecular flexibility index (Phi) is 4.49. The largest absolute Gasteiger partial charge is 0.446 e. The van der Waals surface area contributed by atoms with Gasteiger partial charge in [0.25, 0.3) is 5.56 Å². The van der Waals surface area contributed by atoms with Gasteiger partial charge in [0.2, 0.25) is 0 Å². The van der Waals surface area contributed by atoms with Gasteiger partial charge >= 0.3 is 5.51 Å². The topological polar surface area (TPSA) is 62.8 Å². The van der Waals surface area contributed by atoms with Crippen LogP contribution < -0.4 is 5.56 Å². The molecule has 0 aliphatic heterocycles. The van der Waals surface area contributed by atoms with Crippen molar-refractivity contribution in [1.29, 1.82) is 0 Å². The zero-order chi connectivity index (χ0) is 18.2. The van der Waals surface area contributed by atoms with E-state index in [1.807, 2.05) is 0 Å². The van der Waals surface area contributed by atoms with Gasteiger partial charge in [-0.25, -0.2) is 4.98 Å². The molecule has 0 unspecified atom stereocenters. The maximum Gasteiger partial charge on any atom is 0.446 e. The van der Waals surface area contributed by atoms with Crippen molar-refractivity contribution in [2.75, 3.05) is 0 Å². The summed E-state index contributed by atoms with van der Waals surface area (Å²) in [6.45, 7) is 1.60. The highest BCUT2D eigenvalue weighted by atomic mass is 32.2. The number of carbonyl (C=O) groups excluding carboxylic acids is 1. The van der Waals surface area contributed by atoms with Crippen molar-refractivity contribution in [1.82, 2.24) is 9.97 Å². The van der Waals surface area contributed by atoms with E-state index in [9.17, 15) is 22.8 Å². The molecule has 0 atom stereocenters. The number of H-pyrrole nitrogens is 1. The van der Waals surface area contributed by atoms with Crippen molar-refractivity contribution in [3.05, 3.63) is 57.8 Å². The van der Waals surface area contributed by atoms with E-state index in [1.165, 1.54) is 18.2 Å². The lowest BCUT2D eigenvalue weighted by Gasteiger charge is -2.15. The molecule has 1 aromatic carbocycles. The minimum Gasteiger partial charge on any atom is -0.311 e. The third-order valence-corrected chi connectivity index (χ3v) is 4.94. The highest BCUT2D eigenvalue weighted by molar-refractivity contribution is 8.00. The van der Waals surface area contributed by atoms with Gasteiger partial charge in [-0.2, -0.15) is 13.2 Å². The van der Waals surface area contributed by atoms with Crippen molar-refractivity contribution < 1.29 is 18.0 Å². The van der Waals surface area contributed by atoms with Crippen LogP contribution in [-0.4, -0.2) is 21.3 Å². The maximum absolute atomic E-state index is 12.5. The molecule has 132 valence electrons. The number of aromatic amines is 1. The second-order valence-electron chi connectivity index (χ2n) is 6.17. The molecule has 0 radical (unpaired) electrons. The number of rotatable bonds is 5. The molecule has 0 saturated heterocycles. The Bertz CT molecular complexity index is 855. The minimum absolute atomic E-state index is 0.116. The summed E-state index contributed by atoms with van der Waals surface area (Å²) >= 11 is -0.161. The van der Waals surface area contributed by atoms with Gasteiger partial charge in [-0.1, -0.05) is 12.1 Å². The summed E-state index contributed by atoms with van der Waals surface area (Å²) in [6, 6.07) is 7.31. The summed E-state index contributed by atoms with van der Waals surface area (Å²) in [6.07, 6.45) is 1.76. The van der Waals surface area contributed by atoms with Crippen molar-refractivity contribution in [3.63, 3.8) is 0 Å². The molecule has 2 aromatic rings. The molecule has 1 fully saturated rings. The quantitative estimate of drug-likeness (QED) is 0.640. The first-order chi connectivity index (χ1) is 11.7. The van der Waals surface area contributed by atoms with E-state index in [4.69, 9.17) is 0 Å². The van der Waals surface area contributed by atoms with Gasteiger partial charge in [-0.3, -0.25) is 9.59 Å². The Hall–Kier alpha value is -2.09. The molecule has 1 saturated carbocycles. The number of aromatic nitrogens is 2. The van der Waals surface area contributed by atoms with E-state index in [1.54, 1.807) is 19.1 Å². The molecule has 25 heavy (non-hydrogen) atoms. The summed E-state index contributed by atoms with van der Waals surface area (Å²) in [5.41, 5.74) is -4.10. The zero-order valence-electron chi connectivity index (χ0n) is 13.3. The van der Waals surface area contributed by atoms with Crippen molar-refractivity contribution in [2.45, 2.75) is 42.0 Å². The third-order valence-electron chi connectivity index (χ3n) is 4.20. The van der Waals surface area contributed by atoms with E-state index < -0.39 is 5.51 Å². The number of nitrogens with zero attached hydrogens (tertiary/aromatic N) is 1. The number of thioether (sulfide) groups is 1. The minimum atomic E-state index is -4.32. The van der Waals surface area contributed by atoms with Crippen LogP contribution in [0.1, 0.15) is 41.1 Å². The molecule has 0 bridgehead atoms. The van der Waals surface area contributed by atoms with Crippen LogP contribution in [0.5, 0.6) is 0 Å². The number of benzene rings is 1. The first-order valence-corrected chi connectivity index (χ1v) is 8.46. The number of nitrogens with one attached hydrogen (secondary N) is 1. The smallest absolute Gasteiger partial charge is 0.311 e. The molecule has 8 heteroatoms. The Labute approximate surface area is 145 Å². The van der Waals surface area contributed by atoms with E-state index in [2.05, 4.69) is 9.97 Å². The fourth-order valence-electron chi connectivity index (χ4n) is 2.85. The first-order valence-electron chi connectivity index (χ1n) is 7.64. The van der Waals surface area contributed by atoms with Crippen molar-refractivity contribution in [2.24, 2.45) is 0 Å². The number of Topliss-reactive ketones (excluding diaryl/α,β-unsaturated/α-hetero) is 1. The molecule has 1 aromatic heterocycles. The number of ketones is 1. The highest BCUT2D eigenvalue weighted by Gasteiger charge is 2.46. The average Bonchev–Trinajstić information content (AvgIpc) is 3.26. The predicted molar refractivity (Wildman–Crippen MR) is 87.8 cm³/mol. The van der Waals surface area contributed by atoms with E-state index in [0.717, 1.165) is 18.4 Å². The molecule has 1 aliphatic carbocycles. The van der Waals surface area contributed by atoms with Gasteiger partial charge in [0.1, 0.15) is 11.5 Å². The van der Waals surface area contributed by atoms with Gasteiger partial charge < -0.3 is 4.98 Å². The molecule has 0 amide bonds. The normalized spacial score (nSPS) is 15.8. The van der Waals surface area contributed by atoms with Crippen LogP contribution in [0.3, 0.4) is 0 Å². The number of hydrogen-bond acceptors (Lipinski definition) is 4. The monoisotopic (exact) mass is 368 g/mol. The molecule has 1 N–H and O–H groups in total. The highest BCUT2D eigenvalue weighted by Crippen LogP contribution is 2.52. The van der Waals surface area contributed by atoms with E-state index in [0.29, 0.717) is 5.82 Å². The van der Waals surface area contributed by atoms with Gasteiger partial charge in [0.05, 0.1) is 0 Å². The van der Waals surface area contributed by atoms with Crippen molar-refractivity contribution >= 4 is 17.5 Å². The van der Waals surface area contributed by atoms with Crippen LogP contribution in [0, 0.1) is 6.92 Å². The molecule has 3 rings (SSSR count). The predicted octanol–water partition coefficient (Wildman–Crippen LogP) is 3.99. The Morgan fingerprint density at radius 1 is 1.28 bits per heavy atom. The fraction of sp³-hybridized carbons (Fsp3) is 0.353. The Morgan fingerprint density at radius 3 is 2.44 bits per heavy atom. The van der Waals surface area contributed by atoms with Gasteiger partial charge in [-0.15, -0.1) is 0 Å². The molecule has 1 aliphatic rings.